The Morgan fingerprint density at radius 2 is 1.76 bits per heavy atom. The smallest absolute Gasteiger partial charge is 0.160 e. The molecule has 0 bridgehead atoms. The lowest BCUT2D eigenvalue weighted by Crippen LogP contribution is -2.03. The Morgan fingerprint density at radius 1 is 0.960 bits per heavy atom. The van der Waals surface area contributed by atoms with E-state index in [2.05, 4.69) is 58.9 Å². The summed E-state index contributed by atoms with van der Waals surface area (Å²) in [5.74, 6) is 0.939. The lowest BCUT2D eigenvalue weighted by atomic mass is 10.1. The van der Waals surface area contributed by atoms with Crippen LogP contribution in [-0.4, -0.2) is 14.5 Å². The molecule has 0 saturated heterocycles. The van der Waals surface area contributed by atoms with Crippen molar-refractivity contribution < 1.29 is 0 Å². The highest BCUT2D eigenvalue weighted by molar-refractivity contribution is 5.78. The number of rotatable bonds is 3. The van der Waals surface area contributed by atoms with Gasteiger partial charge >= 0.3 is 0 Å². The van der Waals surface area contributed by atoms with E-state index in [1.807, 2.05) is 25.3 Å². The van der Waals surface area contributed by atoms with Gasteiger partial charge in [0.15, 0.2) is 5.65 Å². The Morgan fingerprint density at radius 3 is 2.52 bits per heavy atom. The molecular weight excluding hydrogens is 308 g/mol. The van der Waals surface area contributed by atoms with Crippen molar-refractivity contribution in [1.82, 2.24) is 14.5 Å². The van der Waals surface area contributed by atoms with Crippen molar-refractivity contribution in [3.05, 3.63) is 77.5 Å². The minimum absolute atomic E-state index is 0.704. The maximum Gasteiger partial charge on any atom is 0.160 e. The van der Waals surface area contributed by atoms with Crippen LogP contribution in [-0.2, 0) is 6.54 Å². The van der Waals surface area contributed by atoms with Gasteiger partial charge in [0.1, 0.15) is 11.3 Å². The maximum absolute atomic E-state index is 5.81. The van der Waals surface area contributed by atoms with Crippen molar-refractivity contribution in [2.24, 2.45) is 0 Å². The number of fused-ring (bicyclic) bond motifs is 1. The zero-order valence-electron chi connectivity index (χ0n) is 14.4. The zero-order valence-corrected chi connectivity index (χ0v) is 14.4. The van der Waals surface area contributed by atoms with Crippen molar-refractivity contribution in [1.29, 1.82) is 0 Å². The highest BCUT2D eigenvalue weighted by Gasteiger charge is 2.14. The molecule has 0 aliphatic rings. The summed E-state index contributed by atoms with van der Waals surface area (Å²) in [4.78, 5) is 9.51. The van der Waals surface area contributed by atoms with Gasteiger partial charge in [-0.25, -0.2) is 9.97 Å². The van der Waals surface area contributed by atoms with Crippen LogP contribution in [0.1, 0.15) is 16.7 Å². The molecule has 4 nitrogen and oxygen atoms in total. The molecule has 4 rings (SSSR count). The topological polar surface area (TPSA) is 56.7 Å². The van der Waals surface area contributed by atoms with Crippen molar-refractivity contribution in [2.45, 2.75) is 20.4 Å². The van der Waals surface area contributed by atoms with E-state index >= 15 is 0 Å². The average molecular weight is 328 g/mol. The van der Waals surface area contributed by atoms with Crippen LogP contribution in [0.15, 0.2) is 60.8 Å². The molecule has 4 heteroatoms. The Labute approximate surface area is 147 Å². The quantitative estimate of drug-likeness (QED) is 0.569. The predicted octanol–water partition coefficient (Wildman–Crippen LogP) is 4.35. The fourth-order valence-corrected chi connectivity index (χ4v) is 3.07. The lowest BCUT2D eigenvalue weighted by Gasteiger charge is -2.10. The summed E-state index contributed by atoms with van der Waals surface area (Å²) in [5.41, 5.74) is 13.0. The van der Waals surface area contributed by atoms with Crippen LogP contribution in [0.2, 0.25) is 0 Å². The Hall–Kier alpha value is -3.14. The van der Waals surface area contributed by atoms with Gasteiger partial charge in [-0.15, -0.1) is 0 Å². The second-order valence-electron chi connectivity index (χ2n) is 6.49. The minimum Gasteiger partial charge on any atom is -0.399 e. The molecule has 0 radical (unpaired) electrons. The number of aromatic nitrogens is 3. The number of nitrogen functional groups attached to an aromatic ring is 1. The molecule has 0 amide bonds. The first-order chi connectivity index (χ1) is 12.1. The molecule has 0 saturated carbocycles. The molecule has 4 aromatic rings. The van der Waals surface area contributed by atoms with Gasteiger partial charge in [-0.05, 0) is 49.2 Å². The monoisotopic (exact) mass is 328 g/mol. The van der Waals surface area contributed by atoms with E-state index < -0.39 is 0 Å². The summed E-state index contributed by atoms with van der Waals surface area (Å²) in [6, 6.07) is 18.5. The molecule has 0 aliphatic carbocycles. The fraction of sp³-hybridized carbons (Fsp3) is 0.143. The van der Waals surface area contributed by atoms with Crippen LogP contribution in [0, 0.1) is 13.8 Å². The van der Waals surface area contributed by atoms with E-state index in [9.17, 15) is 0 Å². The molecule has 2 heterocycles. The number of imidazole rings is 1. The van der Waals surface area contributed by atoms with Crippen LogP contribution in [0.3, 0.4) is 0 Å². The Bertz CT molecular complexity index is 1050. The summed E-state index contributed by atoms with van der Waals surface area (Å²) in [6.45, 7) is 4.84. The van der Waals surface area contributed by atoms with Gasteiger partial charge in [0.2, 0.25) is 0 Å². The van der Waals surface area contributed by atoms with Crippen LogP contribution >= 0.6 is 0 Å². The normalized spacial score (nSPS) is 11.1. The van der Waals surface area contributed by atoms with Crippen molar-refractivity contribution >= 4 is 16.9 Å². The van der Waals surface area contributed by atoms with E-state index in [0.717, 1.165) is 33.8 Å². The molecule has 2 aromatic heterocycles. The number of nitrogens with two attached hydrogens (primary N) is 1. The lowest BCUT2D eigenvalue weighted by molar-refractivity contribution is 0.823. The van der Waals surface area contributed by atoms with Gasteiger partial charge < -0.3 is 10.3 Å². The summed E-state index contributed by atoms with van der Waals surface area (Å²) in [7, 11) is 0. The third-order valence-corrected chi connectivity index (χ3v) is 4.32. The number of aryl methyl sites for hydroxylation is 2. The molecule has 124 valence electrons. The first-order valence-electron chi connectivity index (χ1n) is 8.34. The van der Waals surface area contributed by atoms with Crippen molar-refractivity contribution in [2.75, 3.05) is 5.73 Å². The van der Waals surface area contributed by atoms with Crippen LogP contribution in [0.4, 0.5) is 5.69 Å². The van der Waals surface area contributed by atoms with E-state index in [1.54, 1.807) is 0 Å². The highest BCUT2D eigenvalue weighted by Crippen LogP contribution is 2.26. The number of hydrogen-bond donors (Lipinski definition) is 1. The summed E-state index contributed by atoms with van der Waals surface area (Å²) in [6.07, 6.45) is 1.89. The molecule has 2 aromatic carbocycles. The number of anilines is 1. The molecule has 0 aliphatic heterocycles. The van der Waals surface area contributed by atoms with Crippen LogP contribution in [0.5, 0.6) is 0 Å². The van der Waals surface area contributed by atoms with Gasteiger partial charge in [-0.1, -0.05) is 35.9 Å². The average Bonchev–Trinajstić information content (AvgIpc) is 2.94. The van der Waals surface area contributed by atoms with E-state index in [4.69, 9.17) is 10.7 Å². The summed E-state index contributed by atoms with van der Waals surface area (Å²) >= 11 is 0. The van der Waals surface area contributed by atoms with Gasteiger partial charge in [-0.3, -0.25) is 0 Å². The van der Waals surface area contributed by atoms with Gasteiger partial charge in [-0.2, -0.15) is 0 Å². The van der Waals surface area contributed by atoms with Crippen molar-refractivity contribution in [3.8, 4) is 11.4 Å². The summed E-state index contributed by atoms with van der Waals surface area (Å²) < 4.78 is 2.18. The van der Waals surface area contributed by atoms with Gasteiger partial charge in [0.25, 0.3) is 0 Å². The molecule has 0 spiro atoms. The second-order valence-corrected chi connectivity index (χ2v) is 6.49. The maximum atomic E-state index is 5.81. The first kappa shape index (κ1) is 15.4. The summed E-state index contributed by atoms with van der Waals surface area (Å²) in [5, 5.41) is 0. The number of nitrogens with zero attached hydrogens (tertiary/aromatic N) is 3. The van der Waals surface area contributed by atoms with Gasteiger partial charge in [0.05, 0.1) is 6.54 Å². The molecule has 0 fully saturated rings. The van der Waals surface area contributed by atoms with Gasteiger partial charge in [0, 0.05) is 17.4 Å². The van der Waals surface area contributed by atoms with E-state index in [-0.39, 0.29) is 0 Å². The molecule has 25 heavy (non-hydrogen) atoms. The largest absolute Gasteiger partial charge is 0.399 e. The third-order valence-electron chi connectivity index (χ3n) is 4.32. The first-order valence-corrected chi connectivity index (χ1v) is 8.34. The predicted molar refractivity (Wildman–Crippen MR) is 102 cm³/mol. The number of hydrogen-bond acceptors (Lipinski definition) is 3. The zero-order chi connectivity index (χ0) is 17.4. The highest BCUT2D eigenvalue weighted by atomic mass is 15.1. The number of benzene rings is 2. The number of pyridine rings is 1. The minimum atomic E-state index is 0.704. The SMILES string of the molecule is Cc1cccc(-c2nc3cc(C)cnc3n2Cc2ccc(N)cc2)c1. The van der Waals surface area contributed by atoms with E-state index in [0.29, 0.717) is 6.54 Å². The standard InChI is InChI=1S/C21H20N4/c1-14-4-3-5-17(10-14)20-24-19-11-15(2)12-23-21(19)25(20)13-16-6-8-18(22)9-7-16/h3-12H,13,22H2,1-2H3. The molecular formula is C21H20N4. The molecule has 0 atom stereocenters. The Kier molecular flexibility index (Phi) is 3.73. The van der Waals surface area contributed by atoms with Crippen LogP contribution in [0.25, 0.3) is 22.6 Å². The van der Waals surface area contributed by atoms with Crippen LogP contribution < -0.4 is 5.73 Å². The Balaban J connectivity index is 1.90. The van der Waals surface area contributed by atoms with E-state index in [1.165, 1.54) is 11.1 Å². The van der Waals surface area contributed by atoms with Crippen molar-refractivity contribution in [3.63, 3.8) is 0 Å². The molecule has 0 unspecified atom stereocenters. The fourth-order valence-electron chi connectivity index (χ4n) is 3.07. The molecule has 2 N–H and O–H groups in total. The second kappa shape index (κ2) is 6.06. The third kappa shape index (κ3) is 2.98.